The average Bonchev–Trinajstić information content (AvgIpc) is 2.77. The number of unbranched alkanes of at least 4 members (excludes halogenated alkanes) is 1. The fourth-order valence-electron chi connectivity index (χ4n) is 1.41. The zero-order valence-corrected chi connectivity index (χ0v) is 10.3. The van der Waals surface area contributed by atoms with Crippen molar-refractivity contribution in [3.8, 4) is 0 Å². The predicted molar refractivity (Wildman–Crippen MR) is 63.2 cm³/mol. The van der Waals surface area contributed by atoms with E-state index in [-0.39, 0.29) is 18.1 Å². The molecule has 6 nitrogen and oxygen atoms in total. The summed E-state index contributed by atoms with van der Waals surface area (Å²) in [6.07, 6.45) is 1.29. The van der Waals surface area contributed by atoms with Crippen LogP contribution in [0.25, 0.3) is 0 Å². The van der Waals surface area contributed by atoms with Gasteiger partial charge >= 0.3 is 5.97 Å². The lowest BCUT2D eigenvalue weighted by Gasteiger charge is -2.02. The molecule has 0 bridgehead atoms. The van der Waals surface area contributed by atoms with Crippen LogP contribution in [0.2, 0.25) is 0 Å². The smallest absolute Gasteiger partial charge is 0.303 e. The van der Waals surface area contributed by atoms with Crippen molar-refractivity contribution in [1.29, 1.82) is 0 Å². The SMILES string of the molecule is COCc1ccc(C(=O)NCCCCC(=O)O)o1. The number of rotatable bonds is 8. The fourth-order valence-corrected chi connectivity index (χ4v) is 1.41. The molecule has 1 aromatic rings. The number of carboxylic acid groups (broad SMARTS) is 1. The van der Waals surface area contributed by atoms with Crippen LogP contribution in [0.1, 0.15) is 35.6 Å². The summed E-state index contributed by atoms with van der Waals surface area (Å²) >= 11 is 0. The molecule has 6 heteroatoms. The molecule has 1 amide bonds. The number of aliphatic carboxylic acids is 1. The van der Waals surface area contributed by atoms with Crippen LogP contribution in [0.4, 0.5) is 0 Å². The molecule has 0 saturated carbocycles. The molecule has 0 atom stereocenters. The normalized spacial score (nSPS) is 10.3. The van der Waals surface area contributed by atoms with Crippen LogP contribution in [0.3, 0.4) is 0 Å². The van der Waals surface area contributed by atoms with E-state index in [1.54, 1.807) is 19.2 Å². The maximum atomic E-state index is 11.6. The third-order valence-corrected chi connectivity index (χ3v) is 2.28. The number of hydrogen-bond donors (Lipinski definition) is 2. The lowest BCUT2D eigenvalue weighted by molar-refractivity contribution is -0.137. The van der Waals surface area contributed by atoms with E-state index in [9.17, 15) is 9.59 Å². The van der Waals surface area contributed by atoms with Gasteiger partial charge in [-0.1, -0.05) is 0 Å². The first-order valence-corrected chi connectivity index (χ1v) is 5.71. The molecule has 1 aromatic heterocycles. The number of carbonyl (C=O) groups excluding carboxylic acids is 1. The minimum Gasteiger partial charge on any atom is -0.481 e. The van der Waals surface area contributed by atoms with E-state index in [0.29, 0.717) is 31.8 Å². The molecular formula is C12H17NO5. The minimum absolute atomic E-state index is 0.120. The van der Waals surface area contributed by atoms with Crippen molar-refractivity contribution in [2.24, 2.45) is 0 Å². The number of carbonyl (C=O) groups is 2. The van der Waals surface area contributed by atoms with Crippen molar-refractivity contribution < 1.29 is 23.8 Å². The summed E-state index contributed by atoms with van der Waals surface area (Å²) in [5.41, 5.74) is 0. The molecule has 0 radical (unpaired) electrons. The van der Waals surface area contributed by atoms with Crippen LogP contribution in [0.15, 0.2) is 16.5 Å². The van der Waals surface area contributed by atoms with E-state index in [1.807, 2.05) is 0 Å². The largest absolute Gasteiger partial charge is 0.481 e. The highest BCUT2D eigenvalue weighted by atomic mass is 16.5. The monoisotopic (exact) mass is 255 g/mol. The predicted octanol–water partition coefficient (Wildman–Crippen LogP) is 1.41. The summed E-state index contributed by atoms with van der Waals surface area (Å²) in [4.78, 5) is 21.9. The second-order valence-corrected chi connectivity index (χ2v) is 3.81. The Hall–Kier alpha value is -1.82. The summed E-state index contributed by atoms with van der Waals surface area (Å²) < 4.78 is 10.1. The summed E-state index contributed by atoms with van der Waals surface area (Å²) in [6, 6.07) is 3.27. The lowest BCUT2D eigenvalue weighted by atomic mass is 10.2. The van der Waals surface area contributed by atoms with E-state index in [0.717, 1.165) is 0 Å². The summed E-state index contributed by atoms with van der Waals surface area (Å²) in [5, 5.41) is 11.1. The van der Waals surface area contributed by atoms with Crippen molar-refractivity contribution >= 4 is 11.9 Å². The molecule has 18 heavy (non-hydrogen) atoms. The van der Waals surface area contributed by atoms with Crippen molar-refractivity contribution in [2.75, 3.05) is 13.7 Å². The summed E-state index contributed by atoms with van der Waals surface area (Å²) in [5.74, 6) is -0.293. The quantitative estimate of drug-likeness (QED) is 0.685. The Balaban J connectivity index is 2.25. The maximum Gasteiger partial charge on any atom is 0.303 e. The average molecular weight is 255 g/mol. The maximum absolute atomic E-state index is 11.6. The molecule has 1 heterocycles. The zero-order valence-electron chi connectivity index (χ0n) is 10.3. The first-order chi connectivity index (χ1) is 8.63. The molecule has 0 aliphatic carbocycles. The Kier molecular flexibility index (Phi) is 5.93. The van der Waals surface area contributed by atoms with Crippen molar-refractivity contribution in [2.45, 2.75) is 25.9 Å². The minimum atomic E-state index is -0.823. The number of amides is 1. The van der Waals surface area contributed by atoms with Gasteiger partial charge in [0.25, 0.3) is 5.91 Å². The molecule has 0 saturated heterocycles. The molecule has 0 fully saturated rings. The van der Waals surface area contributed by atoms with Crippen LogP contribution < -0.4 is 5.32 Å². The van der Waals surface area contributed by atoms with Crippen LogP contribution in [-0.2, 0) is 16.1 Å². The molecular weight excluding hydrogens is 238 g/mol. The van der Waals surface area contributed by atoms with E-state index in [1.165, 1.54) is 0 Å². The third kappa shape index (κ3) is 5.01. The highest BCUT2D eigenvalue weighted by molar-refractivity contribution is 5.91. The van der Waals surface area contributed by atoms with Crippen LogP contribution >= 0.6 is 0 Å². The number of furan rings is 1. The van der Waals surface area contributed by atoms with Gasteiger partial charge in [0.15, 0.2) is 5.76 Å². The van der Waals surface area contributed by atoms with Crippen LogP contribution in [0, 0.1) is 0 Å². The molecule has 1 rings (SSSR count). The molecule has 100 valence electrons. The third-order valence-electron chi connectivity index (χ3n) is 2.28. The van der Waals surface area contributed by atoms with E-state index >= 15 is 0 Å². The van der Waals surface area contributed by atoms with Crippen molar-refractivity contribution in [3.05, 3.63) is 23.7 Å². The number of hydrogen-bond acceptors (Lipinski definition) is 4. The van der Waals surface area contributed by atoms with Crippen molar-refractivity contribution in [1.82, 2.24) is 5.32 Å². The molecule has 0 aliphatic rings. The summed E-state index contributed by atoms with van der Waals surface area (Å²) in [7, 11) is 1.55. The lowest BCUT2D eigenvalue weighted by Crippen LogP contribution is -2.24. The van der Waals surface area contributed by atoms with E-state index in [2.05, 4.69) is 5.32 Å². The highest BCUT2D eigenvalue weighted by Gasteiger charge is 2.10. The Morgan fingerprint density at radius 2 is 2.17 bits per heavy atom. The number of methoxy groups -OCH3 is 1. The van der Waals surface area contributed by atoms with E-state index in [4.69, 9.17) is 14.3 Å². The molecule has 2 N–H and O–H groups in total. The second kappa shape index (κ2) is 7.50. The van der Waals surface area contributed by atoms with Gasteiger partial charge in [-0.3, -0.25) is 9.59 Å². The Morgan fingerprint density at radius 1 is 1.39 bits per heavy atom. The van der Waals surface area contributed by atoms with Crippen LogP contribution in [0.5, 0.6) is 0 Å². The Morgan fingerprint density at radius 3 is 2.83 bits per heavy atom. The first-order valence-electron chi connectivity index (χ1n) is 5.71. The van der Waals surface area contributed by atoms with Gasteiger partial charge in [-0.15, -0.1) is 0 Å². The standard InChI is InChI=1S/C12H17NO5/c1-17-8-9-5-6-10(18-9)12(16)13-7-3-2-4-11(14)15/h5-6H,2-4,7-8H2,1H3,(H,13,16)(H,14,15). The summed E-state index contributed by atoms with van der Waals surface area (Å²) in [6.45, 7) is 0.762. The van der Waals surface area contributed by atoms with Gasteiger partial charge in [0.1, 0.15) is 12.4 Å². The van der Waals surface area contributed by atoms with Gasteiger partial charge < -0.3 is 19.6 Å². The second-order valence-electron chi connectivity index (χ2n) is 3.81. The Bertz CT molecular complexity index is 399. The fraction of sp³-hybridized carbons (Fsp3) is 0.500. The van der Waals surface area contributed by atoms with Gasteiger partial charge in [-0.2, -0.15) is 0 Å². The number of ether oxygens (including phenoxy) is 1. The van der Waals surface area contributed by atoms with Gasteiger partial charge in [0.05, 0.1) is 0 Å². The Labute approximate surface area is 105 Å². The van der Waals surface area contributed by atoms with E-state index < -0.39 is 5.97 Å². The highest BCUT2D eigenvalue weighted by Crippen LogP contribution is 2.08. The zero-order chi connectivity index (χ0) is 13.4. The van der Waals surface area contributed by atoms with Gasteiger partial charge in [0, 0.05) is 20.1 Å². The first kappa shape index (κ1) is 14.2. The topological polar surface area (TPSA) is 88.8 Å². The van der Waals surface area contributed by atoms with Crippen molar-refractivity contribution in [3.63, 3.8) is 0 Å². The van der Waals surface area contributed by atoms with Gasteiger partial charge in [0.2, 0.25) is 0 Å². The number of carboxylic acids is 1. The molecule has 0 aliphatic heterocycles. The van der Waals surface area contributed by atoms with Crippen LogP contribution in [-0.4, -0.2) is 30.6 Å². The van der Waals surface area contributed by atoms with Gasteiger partial charge in [-0.25, -0.2) is 0 Å². The number of nitrogens with one attached hydrogen (secondary N) is 1. The van der Waals surface area contributed by atoms with Gasteiger partial charge in [-0.05, 0) is 25.0 Å². The molecule has 0 spiro atoms. The molecule has 0 aromatic carbocycles. The molecule has 0 unspecified atom stereocenters.